The van der Waals surface area contributed by atoms with Crippen LogP contribution >= 0.6 is 11.3 Å². The highest BCUT2D eigenvalue weighted by Crippen LogP contribution is 2.47. The summed E-state index contributed by atoms with van der Waals surface area (Å²) >= 11 is 1.39. The maximum Gasteiger partial charge on any atom is 0.274 e. The highest BCUT2D eigenvalue weighted by atomic mass is 32.1. The molecule has 2 aromatic heterocycles. The van der Waals surface area contributed by atoms with Crippen molar-refractivity contribution in [2.75, 3.05) is 7.11 Å². The number of aromatic nitrogens is 2. The molecule has 3 aromatic rings. The molecule has 1 aliphatic carbocycles. The number of carbonyl (C=O) groups is 4. The predicted molar refractivity (Wildman–Crippen MR) is 161 cm³/mol. The molecule has 0 bridgehead atoms. The molecule has 1 saturated carbocycles. The molecule has 0 spiro atoms. The molecule has 2 heterocycles. The summed E-state index contributed by atoms with van der Waals surface area (Å²) in [5.74, 6) is -1.37. The van der Waals surface area contributed by atoms with E-state index in [9.17, 15) is 19.2 Å². The van der Waals surface area contributed by atoms with Gasteiger partial charge in [0.1, 0.15) is 6.61 Å². The first-order chi connectivity index (χ1) is 20.6. The molecule has 0 radical (unpaired) electrons. The summed E-state index contributed by atoms with van der Waals surface area (Å²) in [6.45, 7) is 6.13. The minimum absolute atomic E-state index is 0.0188. The normalized spacial score (nSPS) is 15.8. The first kappa shape index (κ1) is 32.2. The number of hydrogen-bond donors (Lipinski definition) is 2. The molecule has 2 amide bonds. The van der Waals surface area contributed by atoms with Gasteiger partial charge in [-0.15, -0.1) is 11.3 Å². The SMILES string of the molecule is COCc1cc(C(=O)N[C@@H](Cc2cscn2)C(=O)C[C@@H](Cc2ccccc2)C(=O)N[C@@H](CC(C)C)C(=O)C2(C)CC2)no1. The summed E-state index contributed by atoms with van der Waals surface area (Å²) in [7, 11) is 1.50. The van der Waals surface area contributed by atoms with Crippen LogP contribution in [0.3, 0.4) is 0 Å². The van der Waals surface area contributed by atoms with Crippen molar-refractivity contribution in [1.29, 1.82) is 0 Å². The highest BCUT2D eigenvalue weighted by molar-refractivity contribution is 7.07. The Morgan fingerprint density at radius 2 is 1.81 bits per heavy atom. The average molecular weight is 609 g/mol. The Labute approximate surface area is 256 Å². The lowest BCUT2D eigenvalue weighted by Gasteiger charge is -2.26. The molecule has 3 atom stereocenters. The summed E-state index contributed by atoms with van der Waals surface area (Å²) in [5, 5.41) is 11.4. The number of amides is 2. The largest absolute Gasteiger partial charge is 0.377 e. The van der Waals surface area contributed by atoms with Gasteiger partial charge >= 0.3 is 0 Å². The van der Waals surface area contributed by atoms with Crippen molar-refractivity contribution in [2.45, 2.75) is 78.0 Å². The van der Waals surface area contributed by atoms with Gasteiger partial charge in [-0.2, -0.15) is 0 Å². The van der Waals surface area contributed by atoms with Crippen LogP contribution in [0.4, 0.5) is 0 Å². The van der Waals surface area contributed by atoms with Crippen LogP contribution in [0.1, 0.15) is 74.0 Å². The van der Waals surface area contributed by atoms with E-state index in [4.69, 9.17) is 9.26 Å². The maximum absolute atomic E-state index is 13.9. The Balaban J connectivity index is 1.54. The minimum atomic E-state index is -0.957. The topological polar surface area (TPSA) is 140 Å². The van der Waals surface area contributed by atoms with E-state index >= 15 is 0 Å². The van der Waals surface area contributed by atoms with E-state index in [1.54, 1.807) is 5.51 Å². The number of ketones is 2. The molecule has 2 N–H and O–H groups in total. The van der Waals surface area contributed by atoms with Crippen molar-refractivity contribution in [1.82, 2.24) is 20.8 Å². The van der Waals surface area contributed by atoms with Gasteiger partial charge in [0.05, 0.1) is 23.3 Å². The highest BCUT2D eigenvalue weighted by Gasteiger charge is 2.48. The Bertz CT molecular complexity index is 1380. The molecule has 4 rings (SSSR count). The summed E-state index contributed by atoms with van der Waals surface area (Å²) < 4.78 is 10.2. The van der Waals surface area contributed by atoms with Crippen LogP contribution in [0.25, 0.3) is 0 Å². The number of carbonyl (C=O) groups excluding carboxylic acids is 4. The molecule has 1 aliphatic rings. The van der Waals surface area contributed by atoms with Gasteiger partial charge in [-0.1, -0.05) is 56.3 Å². The molecule has 0 unspecified atom stereocenters. The van der Waals surface area contributed by atoms with Crippen LogP contribution in [0, 0.1) is 17.3 Å². The number of benzene rings is 1. The van der Waals surface area contributed by atoms with Crippen molar-refractivity contribution in [3.8, 4) is 0 Å². The Morgan fingerprint density at radius 3 is 2.44 bits per heavy atom. The Kier molecular flexibility index (Phi) is 11.0. The van der Waals surface area contributed by atoms with E-state index in [0.29, 0.717) is 24.3 Å². The van der Waals surface area contributed by atoms with E-state index in [1.165, 1.54) is 24.5 Å². The number of ether oxygens (including phenoxy) is 1. The molecule has 11 heteroatoms. The molecule has 1 fully saturated rings. The van der Waals surface area contributed by atoms with Crippen LogP contribution in [0.2, 0.25) is 0 Å². The van der Waals surface area contributed by atoms with Gasteiger partial charge in [-0.3, -0.25) is 19.2 Å². The lowest BCUT2D eigenvalue weighted by molar-refractivity contribution is -0.134. The quantitative estimate of drug-likeness (QED) is 0.231. The number of thiazole rings is 1. The van der Waals surface area contributed by atoms with Crippen LogP contribution in [0.5, 0.6) is 0 Å². The van der Waals surface area contributed by atoms with Crippen molar-refractivity contribution in [3.63, 3.8) is 0 Å². The fourth-order valence-corrected chi connectivity index (χ4v) is 5.61. The van der Waals surface area contributed by atoms with Gasteiger partial charge in [0, 0.05) is 42.7 Å². The second-order valence-electron chi connectivity index (χ2n) is 12.0. The van der Waals surface area contributed by atoms with E-state index in [0.717, 1.165) is 18.4 Å². The van der Waals surface area contributed by atoms with Gasteiger partial charge in [-0.25, -0.2) is 4.98 Å². The first-order valence-electron chi connectivity index (χ1n) is 14.6. The number of rotatable bonds is 17. The van der Waals surface area contributed by atoms with Gasteiger partial charge in [0.15, 0.2) is 23.0 Å². The Hall–Kier alpha value is -3.70. The van der Waals surface area contributed by atoms with E-state index in [2.05, 4.69) is 20.8 Å². The summed E-state index contributed by atoms with van der Waals surface area (Å²) in [5.41, 5.74) is 2.82. The lowest BCUT2D eigenvalue weighted by Crippen LogP contribution is -2.48. The second-order valence-corrected chi connectivity index (χ2v) is 12.7. The molecule has 1 aromatic carbocycles. The number of hydrogen-bond acceptors (Lipinski definition) is 9. The van der Waals surface area contributed by atoms with Crippen molar-refractivity contribution in [2.24, 2.45) is 17.3 Å². The zero-order valence-corrected chi connectivity index (χ0v) is 25.9. The third kappa shape index (κ3) is 9.14. The van der Waals surface area contributed by atoms with Crippen LogP contribution in [0.15, 0.2) is 51.8 Å². The fourth-order valence-electron chi connectivity index (χ4n) is 5.04. The van der Waals surface area contributed by atoms with E-state index in [1.807, 2.05) is 56.5 Å². The summed E-state index contributed by atoms with van der Waals surface area (Å²) in [6.07, 6.45) is 2.49. The average Bonchev–Trinajstić information content (AvgIpc) is 3.32. The molecule has 10 nitrogen and oxygen atoms in total. The standard InChI is InChI=1S/C32H40N4O6S/c1-20(2)12-26(29(38)32(3)10-11-32)35-30(39)22(13-21-8-6-5-7-9-21)14-28(37)25(15-23-18-43-19-33-23)34-31(40)27-16-24(17-41-4)42-36-27/h5-9,16,18-20,22,25-26H,10-15,17H2,1-4H3,(H,34,40)(H,35,39)/t22-,25+,26+/m1/s1. The van der Waals surface area contributed by atoms with Gasteiger partial charge in [0.2, 0.25) is 5.91 Å². The third-order valence-electron chi connectivity index (χ3n) is 7.75. The summed E-state index contributed by atoms with van der Waals surface area (Å²) in [4.78, 5) is 58.4. The fraction of sp³-hybridized carbons (Fsp3) is 0.500. The van der Waals surface area contributed by atoms with Crippen LogP contribution in [-0.2, 0) is 38.6 Å². The second kappa shape index (κ2) is 14.7. The number of nitrogens with one attached hydrogen (secondary N) is 2. The molecular formula is C32H40N4O6S. The van der Waals surface area contributed by atoms with E-state index in [-0.39, 0.29) is 48.5 Å². The summed E-state index contributed by atoms with van der Waals surface area (Å²) in [6, 6.07) is 9.35. The predicted octanol–water partition coefficient (Wildman–Crippen LogP) is 4.34. The third-order valence-corrected chi connectivity index (χ3v) is 8.38. The number of Topliss-reactive ketones (excluding diaryl/α,β-unsaturated/α-hetero) is 2. The Morgan fingerprint density at radius 1 is 1.07 bits per heavy atom. The van der Waals surface area contributed by atoms with Crippen LogP contribution in [-0.4, -0.2) is 52.7 Å². The number of methoxy groups -OCH3 is 1. The first-order valence-corrected chi connectivity index (χ1v) is 15.6. The van der Waals surface area contributed by atoms with Gasteiger partial charge in [0.25, 0.3) is 5.91 Å². The van der Waals surface area contributed by atoms with Crippen LogP contribution < -0.4 is 10.6 Å². The number of nitrogens with zero attached hydrogens (tertiary/aromatic N) is 2. The van der Waals surface area contributed by atoms with E-state index < -0.39 is 29.3 Å². The zero-order chi connectivity index (χ0) is 31.0. The van der Waals surface area contributed by atoms with Gasteiger partial charge in [-0.05, 0) is 37.2 Å². The molecule has 0 saturated heterocycles. The molecule has 0 aliphatic heterocycles. The molecule has 43 heavy (non-hydrogen) atoms. The van der Waals surface area contributed by atoms with Crippen molar-refractivity contribution < 1.29 is 28.4 Å². The minimum Gasteiger partial charge on any atom is -0.377 e. The maximum atomic E-state index is 13.9. The van der Waals surface area contributed by atoms with Crippen molar-refractivity contribution >= 4 is 34.7 Å². The smallest absolute Gasteiger partial charge is 0.274 e. The monoisotopic (exact) mass is 608 g/mol. The van der Waals surface area contributed by atoms with Gasteiger partial charge < -0.3 is 19.9 Å². The molecule has 230 valence electrons. The lowest BCUT2D eigenvalue weighted by atomic mass is 9.88. The molecular weight excluding hydrogens is 568 g/mol. The zero-order valence-electron chi connectivity index (χ0n) is 25.1. The van der Waals surface area contributed by atoms with Crippen molar-refractivity contribution in [3.05, 3.63) is 70.0 Å².